The van der Waals surface area contributed by atoms with E-state index < -0.39 is 12.1 Å². The zero-order valence-electron chi connectivity index (χ0n) is 48.9. The molecule has 0 saturated heterocycles. The number of allylic oxidation sites excluding steroid dienone is 1. The number of nitrogens with one attached hydrogen (secondary N) is 1. The van der Waals surface area contributed by atoms with Crippen LogP contribution in [-0.2, 0) is 14.3 Å². The van der Waals surface area contributed by atoms with E-state index in [0.717, 1.165) is 44.9 Å². The molecular formula is C66H129NO5. The first-order chi connectivity index (χ1) is 35.5. The van der Waals surface area contributed by atoms with Gasteiger partial charge in [-0.05, 0) is 32.1 Å². The maximum Gasteiger partial charge on any atom is 0.305 e. The summed E-state index contributed by atoms with van der Waals surface area (Å²) in [4.78, 5) is 24.6. The first kappa shape index (κ1) is 70.6. The van der Waals surface area contributed by atoms with Crippen molar-refractivity contribution in [1.82, 2.24) is 5.32 Å². The van der Waals surface area contributed by atoms with Crippen molar-refractivity contribution in [1.29, 1.82) is 0 Å². The van der Waals surface area contributed by atoms with E-state index in [0.29, 0.717) is 19.4 Å². The van der Waals surface area contributed by atoms with Crippen molar-refractivity contribution < 1.29 is 24.5 Å². The number of aliphatic hydroxyl groups excluding tert-OH is 2. The number of hydrogen-bond acceptors (Lipinski definition) is 5. The Balaban J connectivity index is 3.44. The zero-order chi connectivity index (χ0) is 52.2. The molecule has 428 valence electrons. The van der Waals surface area contributed by atoms with Gasteiger partial charge in [-0.1, -0.05) is 341 Å². The van der Waals surface area contributed by atoms with Crippen molar-refractivity contribution in [3.05, 3.63) is 12.2 Å². The van der Waals surface area contributed by atoms with Crippen LogP contribution in [0.1, 0.15) is 373 Å². The van der Waals surface area contributed by atoms with Gasteiger partial charge in [0, 0.05) is 12.8 Å². The predicted octanol–water partition coefficient (Wildman–Crippen LogP) is 20.8. The van der Waals surface area contributed by atoms with E-state index >= 15 is 0 Å². The predicted molar refractivity (Wildman–Crippen MR) is 315 cm³/mol. The summed E-state index contributed by atoms with van der Waals surface area (Å²) >= 11 is 0. The monoisotopic (exact) mass is 1020 g/mol. The standard InChI is InChI=1S/C66H129NO5/c1-3-5-7-9-11-13-15-17-19-20-21-22-23-24-25-26-27-28-31-34-38-42-46-50-54-58-64(69)63(62-68)67-65(70)59-55-51-47-43-39-35-32-29-30-33-37-41-45-49-53-57-61-72-66(71)60-56-52-48-44-40-36-18-16-14-12-10-8-6-4-2/h54,58,63-64,68-69H,3-53,55-57,59-62H2,1-2H3,(H,67,70)/b58-54+. The SMILES string of the molecule is CCCCCCCCCCCCCCCCCCCCCCCCC/C=C/C(O)C(CO)NC(=O)CCCCCCCCCCCCCCCCCCOC(=O)CCCCCCCCCCCCCCCC. The molecule has 0 aromatic carbocycles. The van der Waals surface area contributed by atoms with Crippen LogP contribution in [0.2, 0.25) is 0 Å². The number of hydrogen-bond donors (Lipinski definition) is 3. The van der Waals surface area contributed by atoms with E-state index in [-0.39, 0.29) is 18.5 Å². The van der Waals surface area contributed by atoms with Gasteiger partial charge in [0.1, 0.15) is 0 Å². The quantitative estimate of drug-likeness (QED) is 0.0320. The average Bonchev–Trinajstić information content (AvgIpc) is 3.38. The molecule has 3 N–H and O–H groups in total. The highest BCUT2D eigenvalue weighted by atomic mass is 16.5. The van der Waals surface area contributed by atoms with Crippen LogP contribution in [0.5, 0.6) is 0 Å². The lowest BCUT2D eigenvalue weighted by Crippen LogP contribution is -2.45. The lowest BCUT2D eigenvalue weighted by molar-refractivity contribution is -0.143. The number of rotatable bonds is 62. The van der Waals surface area contributed by atoms with Gasteiger partial charge in [-0.3, -0.25) is 9.59 Å². The second-order valence-corrected chi connectivity index (χ2v) is 22.8. The molecule has 0 spiro atoms. The van der Waals surface area contributed by atoms with Gasteiger partial charge in [0.2, 0.25) is 5.91 Å². The fourth-order valence-electron chi connectivity index (χ4n) is 10.5. The van der Waals surface area contributed by atoms with E-state index in [2.05, 4.69) is 19.2 Å². The molecule has 0 saturated carbocycles. The van der Waals surface area contributed by atoms with Gasteiger partial charge in [0.15, 0.2) is 0 Å². The summed E-state index contributed by atoms with van der Waals surface area (Å²) in [6.45, 7) is 4.93. The van der Waals surface area contributed by atoms with E-state index in [1.165, 1.54) is 302 Å². The Bertz CT molecular complexity index is 1080. The van der Waals surface area contributed by atoms with E-state index in [4.69, 9.17) is 4.74 Å². The van der Waals surface area contributed by atoms with Crippen molar-refractivity contribution >= 4 is 11.9 Å². The van der Waals surface area contributed by atoms with Gasteiger partial charge in [-0.2, -0.15) is 0 Å². The third-order valence-electron chi connectivity index (χ3n) is 15.6. The Morgan fingerprint density at radius 2 is 0.639 bits per heavy atom. The third kappa shape index (κ3) is 57.9. The largest absolute Gasteiger partial charge is 0.466 e. The molecule has 6 heteroatoms. The number of amides is 1. The number of aliphatic hydroxyl groups is 2. The summed E-state index contributed by atoms with van der Waals surface area (Å²) in [6.07, 6.45) is 75.5. The summed E-state index contributed by atoms with van der Waals surface area (Å²) in [5.41, 5.74) is 0. The second-order valence-electron chi connectivity index (χ2n) is 22.8. The molecule has 1 amide bonds. The van der Waals surface area contributed by atoms with Crippen LogP contribution in [0.3, 0.4) is 0 Å². The molecule has 0 aromatic heterocycles. The van der Waals surface area contributed by atoms with Crippen molar-refractivity contribution in [3.8, 4) is 0 Å². The van der Waals surface area contributed by atoms with E-state index in [9.17, 15) is 19.8 Å². The van der Waals surface area contributed by atoms with Gasteiger partial charge in [0.05, 0.1) is 25.4 Å². The molecule has 0 aromatic rings. The van der Waals surface area contributed by atoms with Gasteiger partial charge < -0.3 is 20.3 Å². The lowest BCUT2D eigenvalue weighted by atomic mass is 10.0. The zero-order valence-corrected chi connectivity index (χ0v) is 48.9. The Hall–Kier alpha value is -1.40. The molecule has 0 aliphatic heterocycles. The Morgan fingerprint density at radius 3 is 0.944 bits per heavy atom. The molecule has 0 fully saturated rings. The summed E-state index contributed by atoms with van der Waals surface area (Å²) in [5, 5.41) is 23.2. The number of carbonyl (C=O) groups excluding carboxylic acids is 2. The number of unbranched alkanes of at least 4 members (excludes halogenated alkanes) is 51. The normalized spacial score (nSPS) is 12.6. The number of esters is 1. The first-order valence-electron chi connectivity index (χ1n) is 33.0. The molecule has 0 heterocycles. The summed E-state index contributed by atoms with van der Waals surface area (Å²) in [7, 11) is 0. The number of carbonyl (C=O) groups is 2. The number of ether oxygens (including phenoxy) is 1. The molecule has 2 unspecified atom stereocenters. The summed E-state index contributed by atoms with van der Waals surface area (Å²) < 4.78 is 5.48. The summed E-state index contributed by atoms with van der Waals surface area (Å²) in [5.74, 6) is -0.0643. The maximum absolute atomic E-state index is 12.5. The van der Waals surface area contributed by atoms with E-state index in [1.54, 1.807) is 6.08 Å². The fraction of sp³-hybridized carbons (Fsp3) is 0.939. The van der Waals surface area contributed by atoms with Crippen LogP contribution >= 0.6 is 0 Å². The van der Waals surface area contributed by atoms with Crippen LogP contribution < -0.4 is 5.32 Å². The molecule has 72 heavy (non-hydrogen) atoms. The molecular weight excluding hydrogens is 887 g/mol. The first-order valence-corrected chi connectivity index (χ1v) is 33.0. The van der Waals surface area contributed by atoms with Gasteiger partial charge in [-0.15, -0.1) is 0 Å². The minimum absolute atomic E-state index is 0.00566. The molecule has 2 atom stereocenters. The minimum Gasteiger partial charge on any atom is -0.466 e. The van der Waals surface area contributed by atoms with Crippen LogP contribution in [0.4, 0.5) is 0 Å². The highest BCUT2D eigenvalue weighted by Crippen LogP contribution is 2.19. The van der Waals surface area contributed by atoms with Crippen LogP contribution in [0.25, 0.3) is 0 Å². The molecule has 0 radical (unpaired) electrons. The van der Waals surface area contributed by atoms with Crippen molar-refractivity contribution in [2.45, 2.75) is 386 Å². The van der Waals surface area contributed by atoms with Gasteiger partial charge in [-0.25, -0.2) is 0 Å². The van der Waals surface area contributed by atoms with Crippen molar-refractivity contribution in [2.24, 2.45) is 0 Å². The molecule has 0 aliphatic rings. The van der Waals surface area contributed by atoms with Crippen LogP contribution in [0, 0.1) is 0 Å². The second kappa shape index (κ2) is 62.1. The average molecular weight is 1020 g/mol. The molecule has 0 aliphatic carbocycles. The van der Waals surface area contributed by atoms with Crippen molar-refractivity contribution in [2.75, 3.05) is 13.2 Å². The maximum atomic E-state index is 12.5. The van der Waals surface area contributed by atoms with Crippen LogP contribution in [-0.4, -0.2) is 47.4 Å². The third-order valence-corrected chi connectivity index (χ3v) is 15.6. The molecule has 6 nitrogen and oxygen atoms in total. The fourth-order valence-corrected chi connectivity index (χ4v) is 10.5. The Morgan fingerprint density at radius 1 is 0.375 bits per heavy atom. The summed E-state index contributed by atoms with van der Waals surface area (Å²) in [6, 6.07) is -0.634. The highest BCUT2D eigenvalue weighted by Gasteiger charge is 2.18. The highest BCUT2D eigenvalue weighted by molar-refractivity contribution is 5.76. The lowest BCUT2D eigenvalue weighted by Gasteiger charge is -2.20. The smallest absolute Gasteiger partial charge is 0.305 e. The van der Waals surface area contributed by atoms with Crippen molar-refractivity contribution in [3.63, 3.8) is 0 Å². The topological polar surface area (TPSA) is 95.9 Å². The minimum atomic E-state index is -0.850. The van der Waals surface area contributed by atoms with Gasteiger partial charge >= 0.3 is 5.97 Å². The Kier molecular flexibility index (Phi) is 60.9. The Labute approximate surface area is 450 Å². The molecule has 0 rings (SSSR count). The molecule has 0 bridgehead atoms. The van der Waals surface area contributed by atoms with Crippen LogP contribution in [0.15, 0.2) is 12.2 Å². The van der Waals surface area contributed by atoms with E-state index in [1.807, 2.05) is 6.08 Å². The van der Waals surface area contributed by atoms with Gasteiger partial charge in [0.25, 0.3) is 0 Å².